The molecule has 0 fully saturated rings. The number of hydrogen-bond acceptors (Lipinski definition) is 5. The van der Waals surface area contributed by atoms with Crippen molar-refractivity contribution in [1.82, 2.24) is 9.88 Å². The van der Waals surface area contributed by atoms with Gasteiger partial charge in [0.05, 0.1) is 0 Å². The molecule has 4 rings (SSSR count). The van der Waals surface area contributed by atoms with Crippen molar-refractivity contribution < 1.29 is 18.7 Å². The average molecular weight is 376 g/mol. The molecule has 2 aromatic carbocycles. The Kier molecular flexibility index (Phi) is 4.93. The molecule has 3 aromatic rings. The highest BCUT2D eigenvalue weighted by atomic mass is 16.5. The first kappa shape index (κ1) is 18.0. The summed E-state index contributed by atoms with van der Waals surface area (Å²) < 4.78 is 10.8. The van der Waals surface area contributed by atoms with Crippen LogP contribution in [-0.4, -0.2) is 34.9 Å². The lowest BCUT2D eigenvalue weighted by atomic mass is 10.00. The van der Waals surface area contributed by atoms with Crippen LogP contribution in [0.5, 0.6) is 0 Å². The Balaban J connectivity index is 1.38. The highest BCUT2D eigenvalue weighted by Gasteiger charge is 2.24. The standard InChI is InChI=1S/C22H20N2O4/c1-15-20(23-21(28-15)17-8-3-2-4-9-17)22(26)27-14-19(25)24-12-11-16-7-5-6-10-18(16)13-24/h2-10H,11-14H2,1H3. The van der Waals surface area contributed by atoms with Crippen LogP contribution in [0, 0.1) is 6.92 Å². The maximum absolute atomic E-state index is 12.5. The van der Waals surface area contributed by atoms with Gasteiger partial charge in [0.2, 0.25) is 5.89 Å². The fourth-order valence-electron chi connectivity index (χ4n) is 3.29. The lowest BCUT2D eigenvalue weighted by Crippen LogP contribution is -2.38. The van der Waals surface area contributed by atoms with Crippen molar-refractivity contribution in [2.75, 3.05) is 13.2 Å². The van der Waals surface area contributed by atoms with Crippen LogP contribution in [0.25, 0.3) is 11.5 Å². The van der Waals surface area contributed by atoms with Gasteiger partial charge in [-0.05, 0) is 36.6 Å². The van der Waals surface area contributed by atoms with E-state index in [0.717, 1.165) is 17.5 Å². The van der Waals surface area contributed by atoms with Gasteiger partial charge in [0, 0.05) is 18.7 Å². The molecule has 0 spiro atoms. The third kappa shape index (κ3) is 3.67. The molecule has 1 amide bonds. The largest absolute Gasteiger partial charge is 0.451 e. The second kappa shape index (κ2) is 7.68. The van der Waals surface area contributed by atoms with Gasteiger partial charge < -0.3 is 14.1 Å². The molecule has 142 valence electrons. The minimum absolute atomic E-state index is 0.0932. The zero-order valence-electron chi connectivity index (χ0n) is 15.6. The molecule has 0 aliphatic carbocycles. The molecule has 0 saturated carbocycles. The van der Waals surface area contributed by atoms with Crippen LogP contribution in [0.3, 0.4) is 0 Å². The molecule has 2 heterocycles. The molecule has 0 bridgehead atoms. The first-order valence-electron chi connectivity index (χ1n) is 9.16. The van der Waals surface area contributed by atoms with Gasteiger partial charge >= 0.3 is 5.97 Å². The SMILES string of the molecule is Cc1oc(-c2ccccc2)nc1C(=O)OCC(=O)N1CCc2ccccc2C1. The number of aryl methyl sites for hydroxylation is 1. The van der Waals surface area contributed by atoms with Gasteiger partial charge in [0.15, 0.2) is 12.3 Å². The number of fused-ring (bicyclic) bond motifs is 1. The number of nitrogens with zero attached hydrogens (tertiary/aromatic N) is 2. The summed E-state index contributed by atoms with van der Waals surface area (Å²) in [6.45, 7) is 2.50. The monoisotopic (exact) mass is 376 g/mol. The Morgan fingerprint density at radius 3 is 2.57 bits per heavy atom. The summed E-state index contributed by atoms with van der Waals surface area (Å²) >= 11 is 0. The molecule has 0 atom stereocenters. The van der Waals surface area contributed by atoms with Crippen LogP contribution in [0.2, 0.25) is 0 Å². The smallest absolute Gasteiger partial charge is 0.361 e. The molecule has 6 nitrogen and oxygen atoms in total. The molecule has 1 aliphatic rings. The lowest BCUT2D eigenvalue weighted by Gasteiger charge is -2.28. The van der Waals surface area contributed by atoms with Crippen LogP contribution in [0.15, 0.2) is 59.0 Å². The van der Waals surface area contributed by atoms with Gasteiger partial charge in [-0.1, -0.05) is 42.5 Å². The van der Waals surface area contributed by atoms with Crippen LogP contribution in [0.1, 0.15) is 27.4 Å². The van der Waals surface area contributed by atoms with E-state index in [0.29, 0.717) is 24.7 Å². The number of carbonyl (C=O) groups excluding carboxylic acids is 2. The van der Waals surface area contributed by atoms with Gasteiger partial charge in [-0.3, -0.25) is 4.79 Å². The van der Waals surface area contributed by atoms with Gasteiger partial charge in [-0.25, -0.2) is 9.78 Å². The van der Waals surface area contributed by atoms with E-state index in [1.807, 2.05) is 48.5 Å². The summed E-state index contributed by atoms with van der Waals surface area (Å²) in [5.41, 5.74) is 3.26. The minimum Gasteiger partial charge on any atom is -0.451 e. The first-order valence-corrected chi connectivity index (χ1v) is 9.16. The van der Waals surface area contributed by atoms with E-state index in [9.17, 15) is 9.59 Å². The number of esters is 1. The summed E-state index contributed by atoms with van der Waals surface area (Å²) in [6, 6.07) is 17.4. The van der Waals surface area contributed by atoms with Crippen molar-refractivity contribution in [3.63, 3.8) is 0 Å². The zero-order chi connectivity index (χ0) is 19.5. The summed E-state index contributed by atoms with van der Waals surface area (Å²) in [7, 11) is 0. The van der Waals surface area contributed by atoms with Gasteiger partial charge in [-0.2, -0.15) is 0 Å². The van der Waals surface area contributed by atoms with E-state index < -0.39 is 5.97 Å². The third-order valence-corrected chi connectivity index (χ3v) is 4.82. The molecule has 0 radical (unpaired) electrons. The number of amides is 1. The number of ether oxygens (including phenoxy) is 1. The maximum atomic E-state index is 12.5. The lowest BCUT2D eigenvalue weighted by molar-refractivity contribution is -0.135. The van der Waals surface area contributed by atoms with Crippen molar-refractivity contribution in [3.8, 4) is 11.5 Å². The summed E-state index contributed by atoms with van der Waals surface area (Å²) in [5, 5.41) is 0. The number of carbonyl (C=O) groups is 2. The predicted octanol–water partition coefficient (Wildman–Crippen LogP) is 3.39. The predicted molar refractivity (Wildman–Crippen MR) is 103 cm³/mol. The van der Waals surface area contributed by atoms with E-state index >= 15 is 0 Å². The molecule has 1 aromatic heterocycles. The van der Waals surface area contributed by atoms with E-state index in [2.05, 4.69) is 11.1 Å². The fraction of sp³-hybridized carbons (Fsp3) is 0.227. The topological polar surface area (TPSA) is 72.6 Å². The van der Waals surface area contributed by atoms with Crippen LogP contribution in [0.4, 0.5) is 0 Å². The Morgan fingerprint density at radius 2 is 1.79 bits per heavy atom. The molecule has 1 aliphatic heterocycles. The van der Waals surface area contributed by atoms with E-state index in [-0.39, 0.29) is 18.2 Å². The van der Waals surface area contributed by atoms with Crippen molar-refractivity contribution in [2.45, 2.75) is 19.9 Å². The van der Waals surface area contributed by atoms with Crippen LogP contribution in [-0.2, 0) is 22.5 Å². The Morgan fingerprint density at radius 1 is 1.07 bits per heavy atom. The van der Waals surface area contributed by atoms with Gasteiger partial charge in [0.25, 0.3) is 5.91 Å². The Hall–Kier alpha value is -3.41. The second-order valence-corrected chi connectivity index (χ2v) is 6.70. The molecule has 6 heteroatoms. The van der Waals surface area contributed by atoms with Crippen molar-refractivity contribution in [2.24, 2.45) is 0 Å². The van der Waals surface area contributed by atoms with Crippen molar-refractivity contribution in [1.29, 1.82) is 0 Å². The maximum Gasteiger partial charge on any atom is 0.361 e. The molecule has 0 unspecified atom stereocenters. The first-order chi connectivity index (χ1) is 13.6. The number of oxazole rings is 1. The quantitative estimate of drug-likeness (QED) is 0.653. The summed E-state index contributed by atoms with van der Waals surface area (Å²) in [4.78, 5) is 30.8. The minimum atomic E-state index is -0.658. The Labute approximate surface area is 162 Å². The second-order valence-electron chi connectivity index (χ2n) is 6.70. The molecule has 0 N–H and O–H groups in total. The highest BCUT2D eigenvalue weighted by molar-refractivity contribution is 5.91. The third-order valence-electron chi connectivity index (χ3n) is 4.82. The summed E-state index contributed by atoms with van der Waals surface area (Å²) in [5.74, 6) is -0.159. The molecule has 28 heavy (non-hydrogen) atoms. The number of aromatic nitrogens is 1. The normalized spacial score (nSPS) is 13.1. The molecular formula is C22H20N2O4. The Bertz CT molecular complexity index is 1010. The highest BCUT2D eigenvalue weighted by Crippen LogP contribution is 2.22. The average Bonchev–Trinajstić information content (AvgIpc) is 3.14. The number of hydrogen-bond donors (Lipinski definition) is 0. The van der Waals surface area contributed by atoms with Crippen molar-refractivity contribution >= 4 is 11.9 Å². The van der Waals surface area contributed by atoms with E-state index in [1.165, 1.54) is 5.56 Å². The van der Waals surface area contributed by atoms with Crippen LogP contribution < -0.4 is 0 Å². The van der Waals surface area contributed by atoms with E-state index in [1.54, 1.807) is 11.8 Å². The fourth-order valence-corrected chi connectivity index (χ4v) is 3.29. The zero-order valence-corrected chi connectivity index (χ0v) is 15.6. The van der Waals surface area contributed by atoms with Crippen LogP contribution >= 0.6 is 0 Å². The van der Waals surface area contributed by atoms with Gasteiger partial charge in [0.1, 0.15) is 5.76 Å². The van der Waals surface area contributed by atoms with Gasteiger partial charge in [-0.15, -0.1) is 0 Å². The number of benzene rings is 2. The molecular weight excluding hydrogens is 356 g/mol. The number of rotatable bonds is 4. The summed E-state index contributed by atoms with van der Waals surface area (Å²) in [6.07, 6.45) is 0.804. The molecule has 0 saturated heterocycles. The van der Waals surface area contributed by atoms with Crippen molar-refractivity contribution in [3.05, 3.63) is 77.2 Å². The van der Waals surface area contributed by atoms with E-state index in [4.69, 9.17) is 9.15 Å².